The third-order valence-electron chi connectivity index (χ3n) is 6.01. The van der Waals surface area contributed by atoms with Crippen LogP contribution >= 0.6 is 0 Å². The third kappa shape index (κ3) is 4.26. The van der Waals surface area contributed by atoms with Crippen LogP contribution in [0.4, 0.5) is 10.5 Å². The van der Waals surface area contributed by atoms with E-state index in [1.165, 1.54) is 0 Å². The lowest BCUT2D eigenvalue weighted by Crippen LogP contribution is -2.46. The quantitative estimate of drug-likeness (QED) is 0.854. The lowest BCUT2D eigenvalue weighted by molar-refractivity contribution is -0.127. The molecule has 6 nitrogen and oxygen atoms in total. The molecule has 2 N–H and O–H groups in total. The Balaban J connectivity index is 1.73. The van der Waals surface area contributed by atoms with E-state index in [2.05, 4.69) is 36.4 Å². The summed E-state index contributed by atoms with van der Waals surface area (Å²) in [5, 5.41) is 6.13. The summed E-state index contributed by atoms with van der Waals surface area (Å²) in [7, 11) is 2.09. The van der Waals surface area contributed by atoms with Crippen molar-refractivity contribution < 1.29 is 9.59 Å². The number of hydrogen-bond donors (Lipinski definition) is 2. The predicted molar refractivity (Wildman–Crippen MR) is 108 cm³/mol. The van der Waals surface area contributed by atoms with Gasteiger partial charge in [-0.25, -0.2) is 4.79 Å². The fourth-order valence-electron chi connectivity index (χ4n) is 4.39. The Morgan fingerprint density at radius 3 is 2.56 bits per heavy atom. The van der Waals surface area contributed by atoms with Gasteiger partial charge in [-0.3, -0.25) is 4.79 Å². The summed E-state index contributed by atoms with van der Waals surface area (Å²) in [5.41, 5.74) is 0.401. The first-order valence-corrected chi connectivity index (χ1v) is 10.0. The normalized spacial score (nSPS) is 25.8. The van der Waals surface area contributed by atoms with Crippen molar-refractivity contribution in [3.05, 3.63) is 30.3 Å². The lowest BCUT2D eigenvalue weighted by Gasteiger charge is -2.34. The predicted octanol–water partition coefficient (Wildman–Crippen LogP) is 2.78. The molecule has 3 amide bonds. The van der Waals surface area contributed by atoms with Crippen molar-refractivity contribution >= 4 is 17.6 Å². The van der Waals surface area contributed by atoms with Gasteiger partial charge in [0.05, 0.1) is 5.41 Å². The van der Waals surface area contributed by atoms with Crippen LogP contribution in [0.15, 0.2) is 30.3 Å². The van der Waals surface area contributed by atoms with E-state index in [9.17, 15) is 9.59 Å². The van der Waals surface area contributed by atoms with Gasteiger partial charge in [0, 0.05) is 31.4 Å². The molecule has 0 bridgehead atoms. The fraction of sp³-hybridized carbons (Fsp3) is 0.619. The lowest BCUT2D eigenvalue weighted by atomic mass is 9.75. The van der Waals surface area contributed by atoms with Crippen molar-refractivity contribution in [2.24, 2.45) is 11.3 Å². The minimum atomic E-state index is -0.433. The topological polar surface area (TPSA) is 64.7 Å². The van der Waals surface area contributed by atoms with E-state index in [0.717, 1.165) is 25.1 Å². The van der Waals surface area contributed by atoms with Gasteiger partial charge in [-0.05, 0) is 50.9 Å². The maximum absolute atomic E-state index is 13.3. The number of likely N-dealkylation sites (tertiary alicyclic amines) is 2. The van der Waals surface area contributed by atoms with E-state index in [-0.39, 0.29) is 18.0 Å². The first-order valence-electron chi connectivity index (χ1n) is 10.0. The second-order valence-electron chi connectivity index (χ2n) is 8.33. The average molecular weight is 373 g/mol. The van der Waals surface area contributed by atoms with Gasteiger partial charge in [-0.1, -0.05) is 32.0 Å². The maximum Gasteiger partial charge on any atom is 0.317 e. The first-order chi connectivity index (χ1) is 12.9. The molecule has 3 rings (SSSR count). The Hall–Kier alpha value is -2.08. The molecule has 1 aromatic rings. The van der Waals surface area contributed by atoms with Crippen molar-refractivity contribution in [1.29, 1.82) is 0 Å². The summed E-state index contributed by atoms with van der Waals surface area (Å²) in [6, 6.07) is 9.81. The molecule has 2 atom stereocenters. The smallest absolute Gasteiger partial charge is 0.317 e. The molecular weight excluding hydrogens is 340 g/mol. The summed E-state index contributed by atoms with van der Waals surface area (Å²) in [6.07, 6.45) is 2.37. The van der Waals surface area contributed by atoms with Crippen molar-refractivity contribution in [2.45, 2.75) is 39.2 Å². The average Bonchev–Trinajstić information content (AvgIpc) is 2.85. The number of benzene rings is 1. The number of rotatable bonds is 4. The van der Waals surface area contributed by atoms with Crippen LogP contribution in [0, 0.1) is 11.3 Å². The monoisotopic (exact) mass is 372 g/mol. The van der Waals surface area contributed by atoms with E-state index in [1.807, 2.05) is 35.2 Å². The molecule has 0 radical (unpaired) electrons. The van der Waals surface area contributed by atoms with Gasteiger partial charge in [0.15, 0.2) is 0 Å². The van der Waals surface area contributed by atoms with Crippen molar-refractivity contribution in [2.75, 3.05) is 38.5 Å². The zero-order valence-corrected chi connectivity index (χ0v) is 16.7. The van der Waals surface area contributed by atoms with E-state index in [0.29, 0.717) is 32.0 Å². The summed E-state index contributed by atoms with van der Waals surface area (Å²) in [5.74, 6) is 0.516. The Labute approximate surface area is 162 Å². The number of hydrogen-bond acceptors (Lipinski definition) is 3. The molecule has 0 unspecified atom stereocenters. The van der Waals surface area contributed by atoms with E-state index in [1.54, 1.807) is 0 Å². The van der Waals surface area contributed by atoms with E-state index < -0.39 is 5.41 Å². The molecule has 0 saturated carbocycles. The number of nitrogens with zero attached hydrogens (tertiary/aromatic N) is 2. The molecule has 6 heteroatoms. The standard InChI is InChI=1S/C21H32N4O2/c1-16(2)15-22-20(27)25-12-9-18-21(11-14-25,10-13-24(18)3)19(26)23-17-7-5-4-6-8-17/h4-8,16,18H,9-15H2,1-3H3,(H,22,27)(H,23,26)/t18-,21-/m0/s1. The maximum atomic E-state index is 13.3. The van der Waals surface area contributed by atoms with Gasteiger partial charge in [0.1, 0.15) is 0 Å². The SMILES string of the molecule is CC(C)CNC(=O)N1CC[C@@H]2N(C)CC[C@]2(C(=O)Nc2ccccc2)CC1. The van der Waals surface area contributed by atoms with Crippen molar-refractivity contribution in [1.82, 2.24) is 15.1 Å². The molecule has 2 heterocycles. The highest BCUT2D eigenvalue weighted by atomic mass is 16.2. The highest BCUT2D eigenvalue weighted by Gasteiger charge is 2.52. The Morgan fingerprint density at radius 1 is 1.15 bits per heavy atom. The van der Waals surface area contributed by atoms with Crippen LogP contribution in [-0.4, -0.2) is 61.0 Å². The molecule has 148 valence electrons. The Morgan fingerprint density at radius 2 is 1.85 bits per heavy atom. The second-order valence-corrected chi connectivity index (χ2v) is 8.33. The van der Waals surface area contributed by atoms with Crippen LogP contribution < -0.4 is 10.6 Å². The zero-order valence-electron chi connectivity index (χ0n) is 16.7. The van der Waals surface area contributed by atoms with Crippen LogP contribution in [-0.2, 0) is 4.79 Å². The minimum absolute atomic E-state index is 0.00931. The number of anilines is 1. The van der Waals surface area contributed by atoms with Crippen LogP contribution in [0.1, 0.15) is 33.1 Å². The van der Waals surface area contributed by atoms with Gasteiger partial charge in [0.25, 0.3) is 0 Å². The van der Waals surface area contributed by atoms with Gasteiger partial charge >= 0.3 is 6.03 Å². The second kappa shape index (κ2) is 8.30. The van der Waals surface area contributed by atoms with Crippen LogP contribution in [0.5, 0.6) is 0 Å². The molecular formula is C21H32N4O2. The van der Waals surface area contributed by atoms with Crippen molar-refractivity contribution in [3.8, 4) is 0 Å². The molecule has 2 fully saturated rings. The number of fused-ring (bicyclic) bond motifs is 1. The highest BCUT2D eigenvalue weighted by Crippen LogP contribution is 2.43. The largest absolute Gasteiger partial charge is 0.338 e. The number of carbonyl (C=O) groups excluding carboxylic acids is 2. The Bertz CT molecular complexity index is 663. The fourth-order valence-corrected chi connectivity index (χ4v) is 4.39. The Kier molecular flexibility index (Phi) is 6.05. The number of carbonyl (C=O) groups is 2. The number of urea groups is 1. The van der Waals surface area contributed by atoms with Crippen molar-refractivity contribution in [3.63, 3.8) is 0 Å². The molecule has 2 saturated heterocycles. The van der Waals surface area contributed by atoms with E-state index in [4.69, 9.17) is 0 Å². The number of amides is 3. The van der Waals surface area contributed by atoms with Crippen LogP contribution in [0.3, 0.4) is 0 Å². The number of nitrogens with one attached hydrogen (secondary N) is 2. The summed E-state index contributed by atoms with van der Waals surface area (Å²) >= 11 is 0. The molecule has 1 aromatic carbocycles. The molecule has 2 aliphatic heterocycles. The van der Waals surface area contributed by atoms with Gasteiger partial charge in [-0.2, -0.15) is 0 Å². The van der Waals surface area contributed by atoms with E-state index >= 15 is 0 Å². The van der Waals surface area contributed by atoms with Gasteiger partial charge < -0.3 is 20.4 Å². The summed E-state index contributed by atoms with van der Waals surface area (Å²) < 4.78 is 0. The molecule has 0 aromatic heterocycles. The molecule has 27 heavy (non-hydrogen) atoms. The number of para-hydroxylation sites is 1. The summed E-state index contributed by atoms with van der Waals surface area (Å²) in [4.78, 5) is 30.0. The van der Waals surface area contributed by atoms with Gasteiger partial charge in [0.2, 0.25) is 5.91 Å². The molecule has 0 aliphatic carbocycles. The van der Waals surface area contributed by atoms with Crippen LogP contribution in [0.2, 0.25) is 0 Å². The molecule has 2 aliphatic rings. The zero-order chi connectivity index (χ0) is 19.4. The highest BCUT2D eigenvalue weighted by molar-refractivity contribution is 5.96. The molecule has 0 spiro atoms. The summed E-state index contributed by atoms with van der Waals surface area (Å²) in [6.45, 7) is 7.09. The third-order valence-corrected chi connectivity index (χ3v) is 6.01. The van der Waals surface area contributed by atoms with Gasteiger partial charge in [-0.15, -0.1) is 0 Å². The van der Waals surface area contributed by atoms with Crippen LogP contribution in [0.25, 0.3) is 0 Å². The minimum Gasteiger partial charge on any atom is -0.338 e. The first kappa shape index (κ1) is 19.7.